The second-order valence-corrected chi connectivity index (χ2v) is 8.98. The van der Waals surface area contributed by atoms with Crippen molar-refractivity contribution in [2.75, 3.05) is 11.9 Å². The van der Waals surface area contributed by atoms with Crippen LogP contribution in [-0.2, 0) is 6.42 Å². The first-order valence-corrected chi connectivity index (χ1v) is 12.0. The number of aryl methyl sites for hydroxylation is 3. The first-order chi connectivity index (χ1) is 17.5. The first kappa shape index (κ1) is 23.2. The fourth-order valence-electron chi connectivity index (χ4n) is 4.25. The lowest BCUT2D eigenvalue weighted by Crippen LogP contribution is -2.11. The van der Waals surface area contributed by atoms with E-state index in [1.807, 2.05) is 30.3 Å². The van der Waals surface area contributed by atoms with Gasteiger partial charge in [0.2, 0.25) is 0 Å². The molecule has 0 bridgehead atoms. The lowest BCUT2D eigenvalue weighted by atomic mass is 10.00. The fraction of sp³-hybridized carbons (Fsp3) is 0.161. The van der Waals surface area contributed by atoms with E-state index in [1.165, 1.54) is 11.1 Å². The van der Waals surface area contributed by atoms with Crippen LogP contribution < -0.4 is 14.8 Å². The van der Waals surface area contributed by atoms with Gasteiger partial charge >= 0.3 is 0 Å². The molecule has 0 saturated carbocycles. The molecule has 4 aromatic rings. The van der Waals surface area contributed by atoms with Gasteiger partial charge in [0.15, 0.2) is 0 Å². The van der Waals surface area contributed by atoms with Crippen LogP contribution in [0, 0.1) is 25.2 Å². The summed E-state index contributed by atoms with van der Waals surface area (Å²) < 4.78 is 11.7. The van der Waals surface area contributed by atoms with E-state index in [4.69, 9.17) is 9.47 Å². The van der Waals surface area contributed by atoms with Gasteiger partial charge in [-0.1, -0.05) is 30.3 Å². The molecule has 1 heterocycles. The van der Waals surface area contributed by atoms with Gasteiger partial charge in [-0.2, -0.15) is 5.26 Å². The Bertz CT molecular complexity index is 1480. The summed E-state index contributed by atoms with van der Waals surface area (Å²) in [4.78, 5) is 12.9. The molecule has 5 rings (SSSR count). The number of fused-ring (bicyclic) bond motifs is 1. The first-order valence-electron chi connectivity index (χ1n) is 12.0. The van der Waals surface area contributed by atoms with E-state index >= 15 is 0 Å². The molecule has 0 atom stereocenters. The van der Waals surface area contributed by atoms with Gasteiger partial charge in [-0.15, -0.1) is 0 Å². The Morgan fingerprint density at radius 1 is 0.944 bits per heavy atom. The third-order valence-corrected chi connectivity index (χ3v) is 6.44. The Balaban J connectivity index is 1.29. The lowest BCUT2D eigenvalue weighted by Gasteiger charge is -2.19. The highest BCUT2D eigenvalue weighted by atomic mass is 16.5. The lowest BCUT2D eigenvalue weighted by molar-refractivity contribution is 0.102. The highest BCUT2D eigenvalue weighted by Crippen LogP contribution is 2.35. The van der Waals surface area contributed by atoms with Crippen molar-refractivity contribution in [3.8, 4) is 34.4 Å². The zero-order valence-corrected chi connectivity index (χ0v) is 20.3. The molecular formula is C31H26N2O3. The molecule has 4 aromatic carbocycles. The highest BCUT2D eigenvalue weighted by Gasteiger charge is 2.16. The predicted octanol–water partition coefficient (Wildman–Crippen LogP) is 7.21. The molecule has 0 unspecified atom stereocenters. The molecule has 0 fully saturated rings. The van der Waals surface area contributed by atoms with Gasteiger partial charge in [0.05, 0.1) is 12.2 Å². The van der Waals surface area contributed by atoms with Crippen LogP contribution in [-0.4, -0.2) is 12.5 Å². The SMILES string of the molecule is Cc1ccc(-c2cccc(NC(=O)c3ccc(Oc4cc5c(cc4C#N)CCCO5)cc3)c2)cc1C. The summed E-state index contributed by atoms with van der Waals surface area (Å²) in [5, 5.41) is 12.5. The molecule has 0 aromatic heterocycles. The zero-order valence-electron chi connectivity index (χ0n) is 20.3. The Morgan fingerprint density at radius 3 is 2.53 bits per heavy atom. The summed E-state index contributed by atoms with van der Waals surface area (Å²) in [5.41, 5.74) is 7.36. The Hall–Kier alpha value is -4.56. The van der Waals surface area contributed by atoms with Crippen molar-refractivity contribution >= 4 is 11.6 Å². The summed E-state index contributed by atoms with van der Waals surface area (Å²) in [5.74, 6) is 1.53. The molecule has 1 aliphatic rings. The van der Waals surface area contributed by atoms with Crippen molar-refractivity contribution in [3.63, 3.8) is 0 Å². The maximum atomic E-state index is 12.9. The third kappa shape index (κ3) is 4.94. The van der Waals surface area contributed by atoms with Crippen LogP contribution in [0.3, 0.4) is 0 Å². The van der Waals surface area contributed by atoms with Crippen molar-refractivity contribution in [2.45, 2.75) is 26.7 Å². The molecular weight excluding hydrogens is 448 g/mol. The van der Waals surface area contributed by atoms with E-state index in [1.54, 1.807) is 30.3 Å². The number of hydrogen-bond donors (Lipinski definition) is 1. The van der Waals surface area contributed by atoms with E-state index < -0.39 is 0 Å². The minimum Gasteiger partial charge on any atom is -0.493 e. The number of amides is 1. The standard InChI is InChI=1S/C31H26N2O3/c1-20-8-9-24(15-21(20)2)23-5-3-7-27(17-23)33-31(34)22-10-12-28(13-11-22)36-30-18-29-25(6-4-14-35-29)16-26(30)19-32/h3,5,7-13,15-18H,4,6,14H2,1-2H3,(H,33,34). The van der Waals surface area contributed by atoms with Gasteiger partial charge in [0.25, 0.3) is 5.91 Å². The minimum absolute atomic E-state index is 0.210. The van der Waals surface area contributed by atoms with Gasteiger partial charge in [-0.25, -0.2) is 0 Å². The van der Waals surface area contributed by atoms with Crippen LogP contribution in [0.1, 0.15) is 39.0 Å². The number of nitriles is 1. The molecule has 178 valence electrons. The minimum atomic E-state index is -0.210. The van der Waals surface area contributed by atoms with E-state index in [9.17, 15) is 10.1 Å². The van der Waals surface area contributed by atoms with Gasteiger partial charge in [-0.3, -0.25) is 4.79 Å². The summed E-state index contributed by atoms with van der Waals surface area (Å²) in [6.45, 7) is 4.85. The monoisotopic (exact) mass is 474 g/mol. The molecule has 36 heavy (non-hydrogen) atoms. The maximum absolute atomic E-state index is 12.9. The Kier molecular flexibility index (Phi) is 6.42. The van der Waals surface area contributed by atoms with Crippen LogP contribution in [0.5, 0.6) is 17.2 Å². The van der Waals surface area contributed by atoms with Gasteiger partial charge in [0.1, 0.15) is 23.3 Å². The van der Waals surface area contributed by atoms with Crippen molar-refractivity contribution < 1.29 is 14.3 Å². The molecule has 0 saturated heterocycles. The largest absolute Gasteiger partial charge is 0.493 e. The van der Waals surface area contributed by atoms with Gasteiger partial charge < -0.3 is 14.8 Å². The average Bonchev–Trinajstić information content (AvgIpc) is 2.90. The molecule has 1 amide bonds. The molecule has 5 nitrogen and oxygen atoms in total. The van der Waals surface area contributed by atoms with Crippen LogP contribution >= 0.6 is 0 Å². The van der Waals surface area contributed by atoms with Gasteiger partial charge in [-0.05, 0) is 97.0 Å². The van der Waals surface area contributed by atoms with Crippen LogP contribution in [0.25, 0.3) is 11.1 Å². The van der Waals surface area contributed by atoms with Crippen LogP contribution in [0.15, 0.2) is 78.9 Å². The summed E-state index contributed by atoms with van der Waals surface area (Å²) >= 11 is 0. The molecule has 1 aliphatic heterocycles. The fourth-order valence-corrected chi connectivity index (χ4v) is 4.25. The molecule has 0 spiro atoms. The molecule has 0 radical (unpaired) electrons. The van der Waals surface area contributed by atoms with Gasteiger partial charge in [0, 0.05) is 17.3 Å². The quantitative estimate of drug-likeness (QED) is 0.332. The average molecular weight is 475 g/mol. The number of nitrogens with one attached hydrogen (secondary N) is 1. The van der Waals surface area contributed by atoms with Crippen LogP contribution in [0.4, 0.5) is 5.69 Å². The normalized spacial score (nSPS) is 12.1. The smallest absolute Gasteiger partial charge is 0.255 e. The number of benzene rings is 4. The van der Waals surface area contributed by atoms with E-state index in [0.717, 1.165) is 41.0 Å². The number of carbonyl (C=O) groups excluding carboxylic acids is 1. The number of ether oxygens (including phenoxy) is 2. The van der Waals surface area contributed by atoms with Crippen molar-refractivity contribution in [1.82, 2.24) is 0 Å². The molecule has 5 heteroatoms. The number of rotatable bonds is 5. The van der Waals surface area contributed by atoms with Crippen LogP contribution in [0.2, 0.25) is 0 Å². The molecule has 0 aliphatic carbocycles. The number of carbonyl (C=O) groups is 1. The van der Waals surface area contributed by atoms with E-state index in [-0.39, 0.29) is 5.91 Å². The van der Waals surface area contributed by atoms with Crippen molar-refractivity contribution in [3.05, 3.63) is 107 Å². The summed E-state index contributed by atoms with van der Waals surface area (Å²) in [6.07, 6.45) is 1.83. The van der Waals surface area contributed by atoms with Crippen molar-refractivity contribution in [1.29, 1.82) is 5.26 Å². The van der Waals surface area contributed by atoms with Crippen molar-refractivity contribution in [2.24, 2.45) is 0 Å². The number of nitrogens with zero attached hydrogens (tertiary/aromatic N) is 1. The predicted molar refractivity (Wildman–Crippen MR) is 141 cm³/mol. The highest BCUT2D eigenvalue weighted by molar-refractivity contribution is 6.04. The summed E-state index contributed by atoms with van der Waals surface area (Å²) in [7, 11) is 0. The second kappa shape index (κ2) is 9.97. The second-order valence-electron chi connectivity index (χ2n) is 8.98. The Morgan fingerprint density at radius 2 is 1.75 bits per heavy atom. The zero-order chi connectivity index (χ0) is 25.1. The number of hydrogen-bond acceptors (Lipinski definition) is 4. The summed E-state index contributed by atoms with van der Waals surface area (Å²) in [6, 6.07) is 26.8. The van der Waals surface area contributed by atoms with E-state index in [0.29, 0.717) is 29.2 Å². The maximum Gasteiger partial charge on any atom is 0.255 e. The molecule has 1 N–H and O–H groups in total. The number of anilines is 1. The third-order valence-electron chi connectivity index (χ3n) is 6.44. The topological polar surface area (TPSA) is 71.3 Å². The Labute approximate surface area is 210 Å². The van der Waals surface area contributed by atoms with E-state index in [2.05, 4.69) is 43.4 Å².